The molecule has 1 amide bonds. The molecule has 67 heavy (non-hydrogen) atoms. The number of quaternary nitrogens is 1. The van der Waals surface area contributed by atoms with Crippen LogP contribution in [-0.4, -0.2) is 68.5 Å². The molecule has 0 bridgehead atoms. The van der Waals surface area contributed by atoms with Crippen molar-refractivity contribution in [2.24, 2.45) is 0 Å². The summed E-state index contributed by atoms with van der Waals surface area (Å²) in [5, 5.41) is 13.7. The highest BCUT2D eigenvalue weighted by atomic mass is 31.2. The van der Waals surface area contributed by atoms with Crippen LogP contribution in [0.25, 0.3) is 0 Å². The van der Waals surface area contributed by atoms with E-state index >= 15 is 0 Å². The second-order valence-corrected chi connectivity index (χ2v) is 22.8. The summed E-state index contributed by atoms with van der Waals surface area (Å²) >= 11 is 0. The Morgan fingerprint density at radius 2 is 0.821 bits per heavy atom. The minimum Gasteiger partial charge on any atom is -0.756 e. The van der Waals surface area contributed by atoms with Gasteiger partial charge in [0, 0.05) is 6.42 Å². The third kappa shape index (κ3) is 52.6. The zero-order valence-electron chi connectivity index (χ0n) is 45.4. The topological polar surface area (TPSA) is 108 Å². The second kappa shape index (κ2) is 49.9. The van der Waals surface area contributed by atoms with E-state index in [-0.39, 0.29) is 19.1 Å². The lowest BCUT2D eigenvalue weighted by molar-refractivity contribution is -0.870. The van der Waals surface area contributed by atoms with Crippen LogP contribution < -0.4 is 10.2 Å². The van der Waals surface area contributed by atoms with Crippen molar-refractivity contribution in [3.05, 3.63) is 24.3 Å². The molecule has 0 heterocycles. The zero-order chi connectivity index (χ0) is 49.2. The van der Waals surface area contributed by atoms with E-state index in [1.807, 2.05) is 27.2 Å². The molecule has 0 spiro atoms. The molecular formula is C58H115N2O6P. The van der Waals surface area contributed by atoms with Crippen molar-refractivity contribution >= 4 is 13.7 Å². The first-order valence-corrected chi connectivity index (χ1v) is 30.7. The van der Waals surface area contributed by atoms with E-state index in [4.69, 9.17) is 9.05 Å². The van der Waals surface area contributed by atoms with Crippen LogP contribution in [0.2, 0.25) is 0 Å². The number of hydrogen-bond donors (Lipinski definition) is 2. The van der Waals surface area contributed by atoms with Crippen LogP contribution in [0.3, 0.4) is 0 Å². The van der Waals surface area contributed by atoms with Crippen LogP contribution in [0.4, 0.5) is 0 Å². The number of unbranched alkanes of at least 4 members (excludes halogenated alkanes) is 39. The van der Waals surface area contributed by atoms with Crippen molar-refractivity contribution in [1.82, 2.24) is 5.32 Å². The van der Waals surface area contributed by atoms with E-state index in [2.05, 4.69) is 31.3 Å². The van der Waals surface area contributed by atoms with Crippen LogP contribution >= 0.6 is 7.82 Å². The van der Waals surface area contributed by atoms with Gasteiger partial charge in [-0.15, -0.1) is 0 Å². The van der Waals surface area contributed by atoms with Crippen LogP contribution in [0.5, 0.6) is 0 Å². The number of carbonyl (C=O) groups is 1. The summed E-state index contributed by atoms with van der Waals surface area (Å²) in [5.74, 6) is -0.196. The summed E-state index contributed by atoms with van der Waals surface area (Å²) in [6.07, 6.45) is 63.1. The van der Waals surface area contributed by atoms with Crippen molar-refractivity contribution in [2.45, 2.75) is 302 Å². The highest BCUT2D eigenvalue weighted by molar-refractivity contribution is 7.45. The molecule has 0 radical (unpaired) electrons. The van der Waals surface area contributed by atoms with Crippen molar-refractivity contribution in [3.8, 4) is 0 Å². The number of nitrogens with zero attached hydrogens (tertiary/aromatic N) is 1. The first-order valence-electron chi connectivity index (χ1n) is 29.2. The summed E-state index contributed by atoms with van der Waals surface area (Å²) in [5.41, 5.74) is 0. The summed E-state index contributed by atoms with van der Waals surface area (Å²) in [4.78, 5) is 25.3. The average molecular weight is 968 g/mol. The van der Waals surface area contributed by atoms with Crippen LogP contribution in [0.1, 0.15) is 290 Å². The third-order valence-electron chi connectivity index (χ3n) is 13.4. The van der Waals surface area contributed by atoms with E-state index < -0.39 is 20.0 Å². The lowest BCUT2D eigenvalue weighted by Gasteiger charge is -2.29. The fourth-order valence-electron chi connectivity index (χ4n) is 8.80. The van der Waals surface area contributed by atoms with Crippen LogP contribution in [0.15, 0.2) is 24.3 Å². The number of amides is 1. The molecule has 0 rings (SSSR count). The molecule has 2 N–H and O–H groups in total. The Morgan fingerprint density at radius 1 is 0.507 bits per heavy atom. The Labute approximate surface area is 417 Å². The SMILES string of the molecule is CCCCCCCC/C=C/C(O)C(COP(=O)([O-])OCC[N+](C)(C)C)NC(=O)CCCCCCCCCCCCCCCCCCCCCCCCCCC/C=C\CCCCCCCCCC. The van der Waals surface area contributed by atoms with Gasteiger partial charge in [0.2, 0.25) is 5.91 Å². The predicted molar refractivity (Wildman–Crippen MR) is 289 cm³/mol. The number of phosphoric acid groups is 1. The summed E-state index contributed by atoms with van der Waals surface area (Å²) < 4.78 is 23.2. The van der Waals surface area contributed by atoms with E-state index in [9.17, 15) is 19.4 Å². The Morgan fingerprint density at radius 3 is 1.16 bits per heavy atom. The quantitative estimate of drug-likeness (QED) is 0.0272. The second-order valence-electron chi connectivity index (χ2n) is 21.4. The molecule has 0 saturated heterocycles. The zero-order valence-corrected chi connectivity index (χ0v) is 46.3. The van der Waals surface area contributed by atoms with E-state index in [1.165, 1.54) is 231 Å². The number of nitrogens with one attached hydrogen (secondary N) is 1. The van der Waals surface area contributed by atoms with E-state index in [1.54, 1.807) is 6.08 Å². The van der Waals surface area contributed by atoms with Crippen molar-refractivity contribution in [3.63, 3.8) is 0 Å². The van der Waals surface area contributed by atoms with Gasteiger partial charge in [-0.3, -0.25) is 9.36 Å². The van der Waals surface area contributed by atoms with Gasteiger partial charge < -0.3 is 28.8 Å². The number of hydrogen-bond acceptors (Lipinski definition) is 6. The molecule has 0 aromatic heterocycles. The monoisotopic (exact) mass is 967 g/mol. The molecule has 0 aromatic rings. The Hall–Kier alpha value is -1.02. The lowest BCUT2D eigenvalue weighted by Crippen LogP contribution is -2.45. The first-order chi connectivity index (χ1) is 32.5. The lowest BCUT2D eigenvalue weighted by atomic mass is 10.0. The standard InChI is InChI=1S/C58H115N2O6P/c1-6-8-10-12-14-16-17-18-19-20-21-22-23-24-25-26-27-28-29-30-31-32-33-34-35-36-37-38-39-40-41-42-43-44-46-48-50-52-58(62)59-56(55-66-67(63,64)65-54-53-60(3,4)5)57(61)51-49-47-45-15-13-11-9-7-2/h20-21,49,51,56-57,61H,6-19,22-48,50,52-55H2,1-5H3,(H-,59,62,63,64)/b21-20-,51-49+. The van der Waals surface area contributed by atoms with Gasteiger partial charge in [0.15, 0.2) is 0 Å². The van der Waals surface area contributed by atoms with Gasteiger partial charge in [0.05, 0.1) is 39.9 Å². The number of carbonyl (C=O) groups excluding carboxylic acids is 1. The summed E-state index contributed by atoms with van der Waals surface area (Å²) in [6, 6.07) is -0.880. The fraction of sp³-hybridized carbons (Fsp3) is 0.914. The Kier molecular flexibility index (Phi) is 49.2. The van der Waals surface area contributed by atoms with Gasteiger partial charge in [0.25, 0.3) is 7.82 Å². The van der Waals surface area contributed by atoms with E-state index in [0.29, 0.717) is 17.4 Å². The third-order valence-corrected chi connectivity index (χ3v) is 14.4. The molecular weight excluding hydrogens is 852 g/mol. The summed E-state index contributed by atoms with van der Waals surface area (Å²) in [6.45, 7) is 4.62. The van der Waals surface area contributed by atoms with Gasteiger partial charge >= 0.3 is 0 Å². The predicted octanol–water partition coefficient (Wildman–Crippen LogP) is 17.0. The molecule has 8 nitrogen and oxygen atoms in total. The first kappa shape index (κ1) is 66.0. The molecule has 0 aliphatic carbocycles. The number of aliphatic hydroxyl groups is 1. The normalized spacial score (nSPS) is 14.1. The largest absolute Gasteiger partial charge is 0.756 e. The number of rotatable bonds is 54. The highest BCUT2D eigenvalue weighted by Crippen LogP contribution is 2.38. The smallest absolute Gasteiger partial charge is 0.268 e. The maximum Gasteiger partial charge on any atom is 0.268 e. The van der Waals surface area contributed by atoms with Gasteiger partial charge in [-0.2, -0.15) is 0 Å². The maximum atomic E-state index is 12.9. The number of aliphatic hydroxyl groups excluding tert-OH is 1. The molecule has 0 aliphatic rings. The number of allylic oxidation sites excluding steroid dienone is 3. The highest BCUT2D eigenvalue weighted by Gasteiger charge is 2.23. The molecule has 398 valence electrons. The maximum absolute atomic E-state index is 12.9. The van der Waals surface area contributed by atoms with Crippen molar-refractivity contribution in [2.75, 3.05) is 40.9 Å². The fourth-order valence-corrected chi connectivity index (χ4v) is 9.52. The van der Waals surface area contributed by atoms with Crippen molar-refractivity contribution < 1.29 is 32.9 Å². The molecule has 0 saturated carbocycles. The average Bonchev–Trinajstić information content (AvgIpc) is 3.29. The van der Waals surface area contributed by atoms with Crippen LogP contribution in [-0.2, 0) is 18.4 Å². The molecule has 0 fully saturated rings. The molecule has 3 unspecified atom stereocenters. The van der Waals surface area contributed by atoms with Gasteiger partial charge in [-0.1, -0.05) is 263 Å². The van der Waals surface area contributed by atoms with Gasteiger partial charge in [0.1, 0.15) is 13.2 Å². The number of likely N-dealkylation sites (N-methyl/N-ethyl adjacent to an activating group) is 1. The minimum atomic E-state index is -4.58. The summed E-state index contributed by atoms with van der Waals surface area (Å²) in [7, 11) is 1.27. The Bertz CT molecular complexity index is 1140. The number of phosphoric ester groups is 1. The molecule has 0 aliphatic heterocycles. The van der Waals surface area contributed by atoms with Crippen LogP contribution in [0, 0.1) is 0 Å². The van der Waals surface area contributed by atoms with Gasteiger partial charge in [-0.05, 0) is 44.9 Å². The minimum absolute atomic E-state index is 0.00102. The van der Waals surface area contributed by atoms with E-state index in [0.717, 1.165) is 38.5 Å². The Balaban J connectivity index is 3.77. The molecule has 0 aromatic carbocycles. The molecule has 9 heteroatoms. The molecule has 3 atom stereocenters. The van der Waals surface area contributed by atoms with Gasteiger partial charge in [-0.25, -0.2) is 0 Å². The van der Waals surface area contributed by atoms with Crippen molar-refractivity contribution in [1.29, 1.82) is 0 Å².